The summed E-state index contributed by atoms with van der Waals surface area (Å²) in [6.07, 6.45) is 4.19. The third-order valence-electron chi connectivity index (χ3n) is 2.71. The largest absolute Gasteiger partial charge is 0.351 e. The molecule has 0 spiro atoms. The number of anilines is 1. The minimum Gasteiger partial charge on any atom is -0.351 e. The molecule has 15 heavy (non-hydrogen) atoms. The summed E-state index contributed by atoms with van der Waals surface area (Å²) in [7, 11) is 0. The Bertz CT molecular complexity index is 357. The Hall–Kier alpha value is -0.130. The molecular formula is C10H13Br2N3. The lowest BCUT2D eigenvalue weighted by Crippen LogP contribution is -2.36. The van der Waals surface area contributed by atoms with Gasteiger partial charge in [-0.1, -0.05) is 0 Å². The molecule has 5 heteroatoms. The number of hydrogen-bond acceptors (Lipinski definition) is 3. The summed E-state index contributed by atoms with van der Waals surface area (Å²) in [6, 6.07) is 2.46. The summed E-state index contributed by atoms with van der Waals surface area (Å²) in [4.78, 5) is 6.72. The second-order valence-electron chi connectivity index (χ2n) is 3.68. The molecule has 1 aliphatic rings. The van der Waals surface area contributed by atoms with E-state index < -0.39 is 0 Å². The Morgan fingerprint density at radius 2 is 2.33 bits per heavy atom. The molecule has 3 nitrogen and oxygen atoms in total. The van der Waals surface area contributed by atoms with E-state index in [4.69, 9.17) is 5.73 Å². The molecule has 0 aliphatic carbocycles. The first-order valence-electron chi connectivity index (χ1n) is 5.00. The smallest absolute Gasteiger partial charge is 0.143 e. The van der Waals surface area contributed by atoms with E-state index in [2.05, 4.69) is 41.7 Å². The summed E-state index contributed by atoms with van der Waals surface area (Å²) in [5.41, 5.74) is 5.75. The van der Waals surface area contributed by atoms with Crippen LogP contribution < -0.4 is 10.6 Å². The van der Waals surface area contributed by atoms with Crippen molar-refractivity contribution < 1.29 is 0 Å². The number of hydrogen-bond donors (Lipinski definition) is 1. The summed E-state index contributed by atoms with van der Waals surface area (Å²) >= 11 is 6.94. The number of nitrogens with two attached hydrogens (primary N) is 1. The maximum absolute atomic E-state index is 5.75. The van der Waals surface area contributed by atoms with Gasteiger partial charge >= 0.3 is 0 Å². The highest BCUT2D eigenvalue weighted by Crippen LogP contribution is 2.31. The zero-order chi connectivity index (χ0) is 10.8. The monoisotopic (exact) mass is 333 g/mol. The predicted octanol–water partition coefficient (Wildman–Crippen LogP) is 2.53. The van der Waals surface area contributed by atoms with E-state index >= 15 is 0 Å². The van der Waals surface area contributed by atoms with Crippen LogP contribution in [0.25, 0.3) is 0 Å². The predicted molar refractivity (Wildman–Crippen MR) is 69.1 cm³/mol. The molecule has 0 radical (unpaired) electrons. The number of aromatic nitrogens is 1. The Labute approximate surface area is 106 Å². The molecule has 1 atom stereocenters. The molecule has 2 N–H and O–H groups in total. The third-order valence-corrected chi connectivity index (χ3v) is 3.73. The highest BCUT2D eigenvalue weighted by molar-refractivity contribution is 9.11. The molecule has 1 unspecified atom stereocenters. The van der Waals surface area contributed by atoms with E-state index in [1.165, 1.54) is 12.8 Å². The average Bonchev–Trinajstić information content (AvgIpc) is 2.65. The first-order valence-corrected chi connectivity index (χ1v) is 6.58. The second kappa shape index (κ2) is 4.80. The van der Waals surface area contributed by atoms with Gasteiger partial charge in [0.2, 0.25) is 0 Å². The normalized spacial score (nSPS) is 21.0. The van der Waals surface area contributed by atoms with Crippen LogP contribution in [0, 0.1) is 0 Å². The van der Waals surface area contributed by atoms with Crippen molar-refractivity contribution in [3.05, 3.63) is 21.2 Å². The minimum absolute atomic E-state index is 0.440. The molecule has 0 bridgehead atoms. The van der Waals surface area contributed by atoms with Crippen LogP contribution >= 0.6 is 31.9 Å². The van der Waals surface area contributed by atoms with Crippen molar-refractivity contribution in [1.29, 1.82) is 0 Å². The lowest BCUT2D eigenvalue weighted by Gasteiger charge is -2.25. The molecule has 1 saturated heterocycles. The van der Waals surface area contributed by atoms with Crippen LogP contribution in [0.2, 0.25) is 0 Å². The first kappa shape index (κ1) is 11.4. The van der Waals surface area contributed by atoms with Gasteiger partial charge in [-0.15, -0.1) is 0 Å². The van der Waals surface area contributed by atoms with Crippen molar-refractivity contribution in [1.82, 2.24) is 4.98 Å². The van der Waals surface area contributed by atoms with Gasteiger partial charge in [0.15, 0.2) is 0 Å². The van der Waals surface area contributed by atoms with Crippen LogP contribution in [0.3, 0.4) is 0 Å². The van der Waals surface area contributed by atoms with E-state index in [9.17, 15) is 0 Å². The van der Waals surface area contributed by atoms with Gasteiger partial charge in [-0.3, -0.25) is 0 Å². The van der Waals surface area contributed by atoms with Crippen molar-refractivity contribution >= 4 is 37.7 Å². The summed E-state index contributed by atoms with van der Waals surface area (Å²) in [5, 5.41) is 0. The van der Waals surface area contributed by atoms with Gasteiger partial charge in [-0.2, -0.15) is 0 Å². The Morgan fingerprint density at radius 1 is 1.53 bits per heavy atom. The van der Waals surface area contributed by atoms with Gasteiger partial charge in [0.25, 0.3) is 0 Å². The van der Waals surface area contributed by atoms with E-state index in [-0.39, 0.29) is 0 Å². The van der Waals surface area contributed by atoms with Crippen LogP contribution in [0.5, 0.6) is 0 Å². The molecule has 2 rings (SSSR count). The fourth-order valence-electron chi connectivity index (χ4n) is 1.98. The highest BCUT2D eigenvalue weighted by atomic mass is 79.9. The Kier molecular flexibility index (Phi) is 3.64. The van der Waals surface area contributed by atoms with Gasteiger partial charge in [-0.05, 0) is 50.8 Å². The third kappa shape index (κ3) is 2.34. The zero-order valence-corrected chi connectivity index (χ0v) is 11.5. The van der Waals surface area contributed by atoms with Crippen LogP contribution in [0.1, 0.15) is 12.8 Å². The molecule has 1 aromatic rings. The molecule has 82 valence electrons. The molecular weight excluding hydrogens is 322 g/mol. The molecule has 1 aliphatic heterocycles. The molecule has 1 aromatic heterocycles. The Morgan fingerprint density at radius 3 is 3.00 bits per heavy atom. The number of halogens is 2. The van der Waals surface area contributed by atoms with Crippen LogP contribution in [0.15, 0.2) is 21.2 Å². The van der Waals surface area contributed by atoms with Gasteiger partial charge < -0.3 is 10.6 Å². The van der Waals surface area contributed by atoms with Gasteiger partial charge in [0.1, 0.15) is 5.82 Å². The average molecular weight is 335 g/mol. The molecule has 0 amide bonds. The van der Waals surface area contributed by atoms with Crippen LogP contribution in [-0.2, 0) is 0 Å². The molecule has 2 heterocycles. The van der Waals surface area contributed by atoms with Crippen molar-refractivity contribution in [3.63, 3.8) is 0 Å². The van der Waals surface area contributed by atoms with E-state index in [0.717, 1.165) is 21.3 Å². The maximum Gasteiger partial charge on any atom is 0.143 e. The summed E-state index contributed by atoms with van der Waals surface area (Å²) in [6.45, 7) is 1.75. The fourth-order valence-corrected chi connectivity index (χ4v) is 3.19. The number of rotatable bonds is 2. The van der Waals surface area contributed by atoms with Gasteiger partial charge in [0, 0.05) is 29.8 Å². The number of nitrogens with zero attached hydrogens (tertiary/aromatic N) is 2. The van der Waals surface area contributed by atoms with E-state index in [0.29, 0.717) is 12.6 Å². The highest BCUT2D eigenvalue weighted by Gasteiger charge is 2.25. The van der Waals surface area contributed by atoms with Crippen molar-refractivity contribution in [2.75, 3.05) is 18.0 Å². The van der Waals surface area contributed by atoms with Crippen molar-refractivity contribution in [2.24, 2.45) is 5.73 Å². The maximum atomic E-state index is 5.75. The van der Waals surface area contributed by atoms with Crippen molar-refractivity contribution in [2.45, 2.75) is 18.9 Å². The molecule has 1 fully saturated rings. The van der Waals surface area contributed by atoms with Gasteiger partial charge in [0.05, 0.1) is 4.47 Å². The second-order valence-corrected chi connectivity index (χ2v) is 5.45. The summed E-state index contributed by atoms with van der Waals surface area (Å²) in [5.74, 6) is 1.01. The quantitative estimate of drug-likeness (QED) is 0.903. The van der Waals surface area contributed by atoms with E-state index in [1.54, 1.807) is 0 Å². The first-order chi connectivity index (χ1) is 7.22. The molecule has 0 aromatic carbocycles. The van der Waals surface area contributed by atoms with Crippen molar-refractivity contribution in [3.8, 4) is 0 Å². The standard InChI is InChI=1S/C10H13Br2N3/c11-7-4-9(12)10(14-6-7)15-3-1-2-8(15)5-13/h4,6,8H,1-3,5,13H2. The minimum atomic E-state index is 0.440. The fraction of sp³-hybridized carbons (Fsp3) is 0.500. The van der Waals surface area contributed by atoms with E-state index in [1.807, 2.05) is 12.3 Å². The van der Waals surface area contributed by atoms with Crippen LogP contribution in [-0.4, -0.2) is 24.1 Å². The molecule has 0 saturated carbocycles. The van der Waals surface area contributed by atoms with Crippen LogP contribution in [0.4, 0.5) is 5.82 Å². The van der Waals surface area contributed by atoms with Gasteiger partial charge in [-0.25, -0.2) is 4.98 Å². The lowest BCUT2D eigenvalue weighted by molar-refractivity contribution is 0.670. The SMILES string of the molecule is NCC1CCCN1c1ncc(Br)cc1Br. The topological polar surface area (TPSA) is 42.1 Å². The number of pyridine rings is 1. The Balaban J connectivity index is 2.28. The lowest BCUT2D eigenvalue weighted by atomic mass is 10.2. The summed E-state index contributed by atoms with van der Waals surface area (Å²) < 4.78 is 2.01. The zero-order valence-electron chi connectivity index (χ0n) is 8.29.